The molecular formula is C9H13NO4. The Balaban J connectivity index is 2.34. The second kappa shape index (κ2) is 4.55. The summed E-state index contributed by atoms with van der Waals surface area (Å²) in [7, 11) is 0. The molecule has 0 saturated carbocycles. The molecule has 0 amide bonds. The molecule has 0 unspecified atom stereocenters. The molecule has 1 rings (SSSR count). The third kappa shape index (κ3) is 2.69. The van der Waals surface area contributed by atoms with E-state index in [0.717, 1.165) is 0 Å². The average molecular weight is 199 g/mol. The lowest BCUT2D eigenvalue weighted by molar-refractivity contribution is -0.137. The first-order valence-electron chi connectivity index (χ1n) is 4.40. The maximum atomic E-state index is 10.2. The van der Waals surface area contributed by atoms with Gasteiger partial charge in [-0.3, -0.25) is 9.36 Å². The van der Waals surface area contributed by atoms with Crippen molar-refractivity contribution in [1.82, 2.24) is 4.57 Å². The Morgan fingerprint density at radius 3 is 2.29 bits per heavy atom. The summed E-state index contributed by atoms with van der Waals surface area (Å²) in [5.41, 5.74) is 0. The van der Waals surface area contributed by atoms with Gasteiger partial charge < -0.3 is 15.3 Å². The number of aromatic nitrogens is 1. The monoisotopic (exact) mass is 199 g/mol. The van der Waals surface area contributed by atoms with Crippen molar-refractivity contribution in [3.63, 3.8) is 0 Å². The number of aromatic hydroxyl groups is 2. The Labute approximate surface area is 81.2 Å². The van der Waals surface area contributed by atoms with Gasteiger partial charge in [-0.15, -0.1) is 0 Å². The van der Waals surface area contributed by atoms with E-state index in [2.05, 4.69) is 0 Å². The van der Waals surface area contributed by atoms with Crippen LogP contribution in [0.2, 0.25) is 0 Å². The molecule has 0 aliphatic rings. The fraction of sp³-hybridized carbons (Fsp3) is 0.444. The zero-order valence-electron chi connectivity index (χ0n) is 7.68. The van der Waals surface area contributed by atoms with E-state index >= 15 is 0 Å². The fourth-order valence-corrected chi connectivity index (χ4v) is 1.22. The van der Waals surface area contributed by atoms with Gasteiger partial charge in [0.1, 0.15) is 0 Å². The van der Waals surface area contributed by atoms with E-state index < -0.39 is 5.97 Å². The predicted molar refractivity (Wildman–Crippen MR) is 49.2 cm³/mol. The minimum Gasteiger partial charge on any atom is -0.494 e. The highest BCUT2D eigenvalue weighted by molar-refractivity contribution is 5.66. The van der Waals surface area contributed by atoms with Gasteiger partial charge >= 0.3 is 5.97 Å². The van der Waals surface area contributed by atoms with Crippen LogP contribution in [-0.4, -0.2) is 25.9 Å². The quantitative estimate of drug-likeness (QED) is 0.621. The molecule has 78 valence electrons. The van der Waals surface area contributed by atoms with Crippen molar-refractivity contribution in [3.8, 4) is 11.8 Å². The Morgan fingerprint density at radius 1 is 1.21 bits per heavy atom. The van der Waals surface area contributed by atoms with Crippen molar-refractivity contribution in [2.24, 2.45) is 0 Å². The largest absolute Gasteiger partial charge is 0.494 e. The maximum Gasteiger partial charge on any atom is 0.303 e. The number of hydrogen-bond acceptors (Lipinski definition) is 3. The first kappa shape index (κ1) is 10.4. The molecule has 0 atom stereocenters. The molecule has 3 N–H and O–H groups in total. The van der Waals surface area contributed by atoms with E-state index in [1.807, 2.05) is 0 Å². The Bertz CT molecular complexity index is 299. The summed E-state index contributed by atoms with van der Waals surface area (Å²) in [6.07, 6.45) is 1.26. The number of unbranched alkanes of at least 4 members (excludes halogenated alkanes) is 1. The highest BCUT2D eigenvalue weighted by Gasteiger charge is 2.05. The molecule has 0 radical (unpaired) electrons. The van der Waals surface area contributed by atoms with E-state index in [1.165, 1.54) is 16.7 Å². The smallest absolute Gasteiger partial charge is 0.303 e. The van der Waals surface area contributed by atoms with Gasteiger partial charge in [0.15, 0.2) is 11.8 Å². The van der Waals surface area contributed by atoms with Crippen molar-refractivity contribution in [3.05, 3.63) is 12.1 Å². The standard InChI is InChI=1S/C9H13NO4/c11-7-4-5-8(12)10(7)6-2-1-3-9(13)14/h4-5,11-12H,1-3,6H2,(H,13,14). The number of nitrogens with zero attached hydrogens (tertiary/aromatic N) is 1. The van der Waals surface area contributed by atoms with Crippen LogP contribution in [0.1, 0.15) is 19.3 Å². The second-order valence-electron chi connectivity index (χ2n) is 3.05. The molecule has 5 nitrogen and oxygen atoms in total. The molecule has 5 heteroatoms. The number of carbonyl (C=O) groups is 1. The molecule has 0 fully saturated rings. The predicted octanol–water partition coefficient (Wildman–Crippen LogP) is 1.15. The Kier molecular flexibility index (Phi) is 3.39. The third-order valence-electron chi connectivity index (χ3n) is 1.96. The summed E-state index contributed by atoms with van der Waals surface area (Å²) in [6, 6.07) is 2.79. The van der Waals surface area contributed by atoms with Crippen molar-refractivity contribution < 1.29 is 20.1 Å². The highest BCUT2D eigenvalue weighted by Crippen LogP contribution is 2.21. The van der Waals surface area contributed by atoms with Gasteiger partial charge in [-0.25, -0.2) is 0 Å². The molecular weight excluding hydrogens is 186 g/mol. The lowest BCUT2D eigenvalue weighted by atomic mass is 10.2. The number of rotatable bonds is 5. The van der Waals surface area contributed by atoms with Gasteiger partial charge in [-0.1, -0.05) is 0 Å². The van der Waals surface area contributed by atoms with Crippen LogP contribution in [0, 0.1) is 0 Å². The fourth-order valence-electron chi connectivity index (χ4n) is 1.22. The molecule has 0 aliphatic heterocycles. The maximum absolute atomic E-state index is 10.2. The summed E-state index contributed by atoms with van der Waals surface area (Å²) in [5, 5.41) is 26.8. The normalized spacial score (nSPS) is 10.3. The van der Waals surface area contributed by atoms with Crippen LogP contribution in [-0.2, 0) is 11.3 Å². The van der Waals surface area contributed by atoms with E-state index in [9.17, 15) is 15.0 Å². The third-order valence-corrected chi connectivity index (χ3v) is 1.96. The number of aliphatic carboxylic acids is 1. The Hall–Kier alpha value is -1.65. The van der Waals surface area contributed by atoms with Gasteiger partial charge in [-0.2, -0.15) is 0 Å². The summed E-state index contributed by atoms with van der Waals surface area (Å²) in [6.45, 7) is 0.429. The van der Waals surface area contributed by atoms with Crippen molar-refractivity contribution in [2.75, 3.05) is 0 Å². The van der Waals surface area contributed by atoms with Gasteiger partial charge in [-0.05, 0) is 12.8 Å². The molecule has 1 heterocycles. The zero-order chi connectivity index (χ0) is 10.6. The average Bonchev–Trinajstić information content (AvgIpc) is 2.42. The Morgan fingerprint density at radius 2 is 1.79 bits per heavy atom. The van der Waals surface area contributed by atoms with Crippen LogP contribution >= 0.6 is 0 Å². The van der Waals surface area contributed by atoms with Gasteiger partial charge in [0, 0.05) is 25.1 Å². The summed E-state index contributed by atoms with van der Waals surface area (Å²) in [4.78, 5) is 10.2. The SMILES string of the molecule is O=C(O)CCCCn1c(O)ccc1O. The lowest BCUT2D eigenvalue weighted by Crippen LogP contribution is -1.99. The van der Waals surface area contributed by atoms with Crippen LogP contribution in [0.5, 0.6) is 11.8 Å². The van der Waals surface area contributed by atoms with Crippen molar-refractivity contribution in [1.29, 1.82) is 0 Å². The molecule has 1 aromatic heterocycles. The van der Waals surface area contributed by atoms with Gasteiger partial charge in [0.2, 0.25) is 0 Å². The van der Waals surface area contributed by atoms with Gasteiger partial charge in [0.05, 0.1) is 0 Å². The summed E-state index contributed by atoms with van der Waals surface area (Å²) < 4.78 is 1.34. The molecule has 0 aromatic carbocycles. The molecule has 0 aliphatic carbocycles. The lowest BCUT2D eigenvalue weighted by Gasteiger charge is -2.05. The van der Waals surface area contributed by atoms with E-state index in [1.54, 1.807) is 0 Å². The minimum absolute atomic E-state index is 0.00201. The van der Waals surface area contributed by atoms with Crippen LogP contribution < -0.4 is 0 Å². The van der Waals surface area contributed by atoms with Gasteiger partial charge in [0.25, 0.3) is 0 Å². The second-order valence-corrected chi connectivity index (χ2v) is 3.05. The molecule has 1 aromatic rings. The van der Waals surface area contributed by atoms with Crippen LogP contribution in [0.4, 0.5) is 0 Å². The minimum atomic E-state index is -0.828. The highest BCUT2D eigenvalue weighted by atomic mass is 16.4. The van der Waals surface area contributed by atoms with Crippen LogP contribution in [0.25, 0.3) is 0 Å². The summed E-state index contributed by atoms with van der Waals surface area (Å²) in [5.74, 6) is -0.832. The van der Waals surface area contributed by atoms with Crippen LogP contribution in [0.3, 0.4) is 0 Å². The molecule has 0 bridgehead atoms. The first-order valence-corrected chi connectivity index (χ1v) is 4.40. The van der Waals surface area contributed by atoms with E-state index in [4.69, 9.17) is 5.11 Å². The summed E-state index contributed by atoms with van der Waals surface area (Å²) >= 11 is 0. The van der Waals surface area contributed by atoms with E-state index in [-0.39, 0.29) is 18.2 Å². The van der Waals surface area contributed by atoms with Crippen molar-refractivity contribution in [2.45, 2.75) is 25.8 Å². The zero-order valence-corrected chi connectivity index (χ0v) is 7.68. The van der Waals surface area contributed by atoms with Crippen molar-refractivity contribution >= 4 is 5.97 Å². The van der Waals surface area contributed by atoms with E-state index in [0.29, 0.717) is 19.4 Å². The topological polar surface area (TPSA) is 82.7 Å². The molecule has 0 spiro atoms. The number of carboxylic acids is 1. The molecule has 14 heavy (non-hydrogen) atoms. The number of carboxylic acid groups (broad SMARTS) is 1. The van der Waals surface area contributed by atoms with Crippen LogP contribution in [0.15, 0.2) is 12.1 Å². The molecule has 0 saturated heterocycles. The number of hydrogen-bond donors (Lipinski definition) is 3. The first-order chi connectivity index (χ1) is 6.61.